The maximum absolute atomic E-state index is 12.5. The summed E-state index contributed by atoms with van der Waals surface area (Å²) >= 11 is 6.16. The largest absolute Gasteiger partial charge is 0.437 e. The molecule has 150 valence electrons. The van der Waals surface area contributed by atoms with Gasteiger partial charge in [-0.2, -0.15) is 0 Å². The van der Waals surface area contributed by atoms with Crippen LogP contribution >= 0.6 is 11.6 Å². The Morgan fingerprint density at radius 2 is 2.07 bits per heavy atom. The average molecular weight is 403 g/mol. The second kappa shape index (κ2) is 9.73. The highest BCUT2D eigenvalue weighted by molar-refractivity contribution is 6.32. The monoisotopic (exact) mass is 402 g/mol. The van der Waals surface area contributed by atoms with E-state index in [4.69, 9.17) is 16.3 Å². The predicted octanol–water partition coefficient (Wildman–Crippen LogP) is 4.54. The van der Waals surface area contributed by atoms with Crippen LogP contribution in [0.25, 0.3) is 0 Å². The highest BCUT2D eigenvalue weighted by Crippen LogP contribution is 2.29. The van der Waals surface area contributed by atoms with E-state index in [1.807, 2.05) is 23.1 Å². The standard InChI is InChI=1S/C21H27ClN4O2/c1-3-4-5-10-21(27)26-12-11-25(14-16(26)2)19-13-20(24-15-23-19)28-18-9-7-6-8-17(18)22/h6-9,13,15-16H,3-5,10-12,14H2,1-2H3/t16-/m1/s1. The third kappa shape index (κ3) is 5.13. The Morgan fingerprint density at radius 1 is 1.25 bits per heavy atom. The van der Waals surface area contributed by atoms with Crippen LogP contribution in [0.15, 0.2) is 36.7 Å². The summed E-state index contributed by atoms with van der Waals surface area (Å²) in [5, 5.41) is 0.534. The summed E-state index contributed by atoms with van der Waals surface area (Å²) in [5.41, 5.74) is 0. The first-order valence-electron chi connectivity index (χ1n) is 9.87. The summed E-state index contributed by atoms with van der Waals surface area (Å²) in [6, 6.07) is 9.25. The number of carbonyl (C=O) groups excluding carboxylic acids is 1. The van der Waals surface area contributed by atoms with Crippen molar-refractivity contribution >= 4 is 23.3 Å². The molecule has 7 heteroatoms. The predicted molar refractivity (Wildman–Crippen MR) is 111 cm³/mol. The van der Waals surface area contributed by atoms with Crippen molar-refractivity contribution in [2.75, 3.05) is 24.5 Å². The van der Waals surface area contributed by atoms with Crippen LogP contribution < -0.4 is 9.64 Å². The molecule has 1 fully saturated rings. The lowest BCUT2D eigenvalue weighted by atomic mass is 10.1. The van der Waals surface area contributed by atoms with Crippen molar-refractivity contribution in [1.29, 1.82) is 0 Å². The first-order valence-corrected chi connectivity index (χ1v) is 10.2. The highest BCUT2D eigenvalue weighted by atomic mass is 35.5. The molecule has 1 aromatic heterocycles. The lowest BCUT2D eigenvalue weighted by Crippen LogP contribution is -2.54. The van der Waals surface area contributed by atoms with Crippen LogP contribution in [-0.4, -0.2) is 46.5 Å². The SMILES string of the molecule is CCCCCC(=O)N1CCN(c2cc(Oc3ccccc3Cl)ncn2)C[C@H]1C. The van der Waals surface area contributed by atoms with Gasteiger partial charge in [0.2, 0.25) is 11.8 Å². The summed E-state index contributed by atoms with van der Waals surface area (Å²) in [7, 11) is 0. The fraction of sp³-hybridized carbons (Fsp3) is 0.476. The average Bonchev–Trinajstić information content (AvgIpc) is 2.70. The molecule has 2 aromatic rings. The summed E-state index contributed by atoms with van der Waals surface area (Å²) < 4.78 is 5.81. The molecule has 1 aliphatic heterocycles. The molecule has 1 saturated heterocycles. The topological polar surface area (TPSA) is 58.6 Å². The second-order valence-electron chi connectivity index (χ2n) is 7.09. The summed E-state index contributed by atoms with van der Waals surface area (Å²) in [6.45, 7) is 6.43. The Morgan fingerprint density at radius 3 is 2.82 bits per heavy atom. The van der Waals surface area contributed by atoms with Crippen LogP contribution in [0.1, 0.15) is 39.5 Å². The number of amides is 1. The van der Waals surface area contributed by atoms with Gasteiger partial charge in [-0.05, 0) is 25.5 Å². The molecule has 3 rings (SSSR count). The molecule has 0 radical (unpaired) electrons. The second-order valence-corrected chi connectivity index (χ2v) is 7.49. The van der Waals surface area contributed by atoms with Gasteiger partial charge in [0.1, 0.15) is 17.9 Å². The molecule has 28 heavy (non-hydrogen) atoms. The zero-order valence-electron chi connectivity index (χ0n) is 16.5. The Kier molecular flexibility index (Phi) is 7.09. The van der Waals surface area contributed by atoms with Gasteiger partial charge in [-0.15, -0.1) is 0 Å². The zero-order chi connectivity index (χ0) is 19.9. The maximum Gasteiger partial charge on any atom is 0.224 e. The van der Waals surface area contributed by atoms with Crippen LogP contribution in [0.5, 0.6) is 11.6 Å². The van der Waals surface area contributed by atoms with Gasteiger partial charge in [-0.3, -0.25) is 4.79 Å². The minimum Gasteiger partial charge on any atom is -0.437 e. The molecule has 1 aromatic carbocycles. The normalized spacial score (nSPS) is 16.9. The number of para-hydroxylation sites is 1. The van der Waals surface area contributed by atoms with Gasteiger partial charge in [0.25, 0.3) is 0 Å². The van der Waals surface area contributed by atoms with E-state index >= 15 is 0 Å². The van der Waals surface area contributed by atoms with E-state index in [1.54, 1.807) is 12.1 Å². The van der Waals surface area contributed by atoms with E-state index < -0.39 is 0 Å². The zero-order valence-corrected chi connectivity index (χ0v) is 17.2. The number of aromatic nitrogens is 2. The molecule has 0 bridgehead atoms. The molecule has 0 N–H and O–H groups in total. The molecule has 0 spiro atoms. The first kappa shape index (κ1) is 20.4. The highest BCUT2D eigenvalue weighted by Gasteiger charge is 2.27. The quantitative estimate of drug-likeness (QED) is 0.636. The number of anilines is 1. The van der Waals surface area contributed by atoms with Crippen molar-refractivity contribution in [3.63, 3.8) is 0 Å². The Balaban J connectivity index is 1.62. The van der Waals surface area contributed by atoms with Gasteiger partial charge in [-0.25, -0.2) is 9.97 Å². The molecule has 1 amide bonds. The number of unbranched alkanes of at least 4 members (excludes halogenated alkanes) is 2. The molecular formula is C21H27ClN4O2. The number of halogens is 1. The van der Waals surface area contributed by atoms with Crippen LogP contribution in [0, 0.1) is 0 Å². The molecule has 1 atom stereocenters. The Hall–Kier alpha value is -2.34. The number of nitrogens with zero attached hydrogens (tertiary/aromatic N) is 4. The molecule has 0 aliphatic carbocycles. The van der Waals surface area contributed by atoms with Crippen LogP contribution in [0.4, 0.5) is 5.82 Å². The summed E-state index contributed by atoms with van der Waals surface area (Å²) in [5.74, 6) is 2.06. The molecule has 2 heterocycles. The number of ether oxygens (including phenoxy) is 1. The maximum atomic E-state index is 12.5. The smallest absolute Gasteiger partial charge is 0.224 e. The first-order chi connectivity index (χ1) is 13.6. The van der Waals surface area contributed by atoms with Crippen molar-refractivity contribution in [2.45, 2.75) is 45.6 Å². The molecule has 0 saturated carbocycles. The lowest BCUT2D eigenvalue weighted by molar-refractivity contribution is -0.133. The van der Waals surface area contributed by atoms with E-state index in [0.717, 1.165) is 38.2 Å². The number of rotatable bonds is 7. The van der Waals surface area contributed by atoms with Crippen molar-refractivity contribution in [3.05, 3.63) is 41.7 Å². The van der Waals surface area contributed by atoms with E-state index in [1.165, 1.54) is 6.33 Å². The fourth-order valence-electron chi connectivity index (χ4n) is 3.40. The van der Waals surface area contributed by atoms with Crippen LogP contribution in [0.3, 0.4) is 0 Å². The van der Waals surface area contributed by atoms with E-state index in [-0.39, 0.29) is 11.9 Å². The number of hydrogen-bond acceptors (Lipinski definition) is 5. The van der Waals surface area contributed by atoms with Gasteiger partial charge >= 0.3 is 0 Å². The van der Waals surface area contributed by atoms with Gasteiger partial charge in [0.15, 0.2) is 0 Å². The summed E-state index contributed by atoms with van der Waals surface area (Å²) in [4.78, 5) is 25.2. The van der Waals surface area contributed by atoms with E-state index in [2.05, 4.69) is 28.7 Å². The van der Waals surface area contributed by atoms with Gasteiger partial charge < -0.3 is 14.5 Å². The Labute approximate surface area is 171 Å². The van der Waals surface area contributed by atoms with Crippen LogP contribution in [-0.2, 0) is 4.79 Å². The van der Waals surface area contributed by atoms with E-state index in [9.17, 15) is 4.79 Å². The van der Waals surface area contributed by atoms with Crippen molar-refractivity contribution < 1.29 is 9.53 Å². The van der Waals surface area contributed by atoms with Gasteiger partial charge in [0.05, 0.1) is 5.02 Å². The number of carbonyl (C=O) groups is 1. The lowest BCUT2D eigenvalue weighted by Gasteiger charge is -2.40. The van der Waals surface area contributed by atoms with Crippen molar-refractivity contribution in [1.82, 2.24) is 14.9 Å². The van der Waals surface area contributed by atoms with Gasteiger partial charge in [-0.1, -0.05) is 43.5 Å². The molecule has 1 aliphatic rings. The Bertz CT molecular complexity index is 801. The molecule has 6 nitrogen and oxygen atoms in total. The van der Waals surface area contributed by atoms with Gasteiger partial charge in [0, 0.05) is 38.2 Å². The third-order valence-electron chi connectivity index (χ3n) is 4.94. The van der Waals surface area contributed by atoms with E-state index in [0.29, 0.717) is 29.6 Å². The fourth-order valence-corrected chi connectivity index (χ4v) is 3.58. The summed E-state index contributed by atoms with van der Waals surface area (Å²) in [6.07, 6.45) is 5.34. The van der Waals surface area contributed by atoms with Crippen molar-refractivity contribution in [2.24, 2.45) is 0 Å². The minimum atomic E-state index is 0.144. The van der Waals surface area contributed by atoms with Crippen LogP contribution in [0.2, 0.25) is 5.02 Å². The number of piperazine rings is 1. The number of hydrogen-bond donors (Lipinski definition) is 0. The number of benzene rings is 1. The molecular weight excluding hydrogens is 376 g/mol. The molecule has 0 unspecified atom stereocenters. The third-order valence-corrected chi connectivity index (χ3v) is 5.26. The minimum absolute atomic E-state index is 0.144. The van der Waals surface area contributed by atoms with Crippen molar-refractivity contribution in [3.8, 4) is 11.6 Å².